The molecular weight excluding hydrogens is 214 g/mol. The molecule has 0 atom stereocenters. The standard InChI is InChI=1S/C9H15N3O2S/c1-11-15(13,14)12(2)9-5-3-4-8(6-9)7-10/h3-6,11H,7,10H2,1-2H3. The molecule has 3 N–H and O–H groups in total. The molecule has 0 amide bonds. The summed E-state index contributed by atoms with van der Waals surface area (Å²) in [6.07, 6.45) is 0. The Kier molecular flexibility index (Phi) is 3.67. The highest BCUT2D eigenvalue weighted by molar-refractivity contribution is 7.90. The Morgan fingerprint density at radius 2 is 2.13 bits per heavy atom. The van der Waals surface area contributed by atoms with Crippen LogP contribution in [0.5, 0.6) is 0 Å². The van der Waals surface area contributed by atoms with Crippen LogP contribution in [0, 0.1) is 0 Å². The fourth-order valence-corrected chi connectivity index (χ4v) is 1.82. The number of nitrogens with two attached hydrogens (primary N) is 1. The molecular formula is C9H15N3O2S. The van der Waals surface area contributed by atoms with Gasteiger partial charge in [0.15, 0.2) is 0 Å². The van der Waals surface area contributed by atoms with E-state index >= 15 is 0 Å². The Morgan fingerprint density at radius 1 is 1.47 bits per heavy atom. The molecule has 0 radical (unpaired) electrons. The number of rotatable bonds is 4. The highest BCUT2D eigenvalue weighted by Crippen LogP contribution is 2.16. The normalized spacial score (nSPS) is 11.4. The van der Waals surface area contributed by atoms with Crippen molar-refractivity contribution < 1.29 is 8.42 Å². The molecule has 0 spiro atoms. The lowest BCUT2D eigenvalue weighted by Gasteiger charge is -2.18. The first-order chi connectivity index (χ1) is 7.01. The molecule has 1 aromatic carbocycles. The fraction of sp³-hybridized carbons (Fsp3) is 0.333. The average Bonchev–Trinajstić information content (AvgIpc) is 2.28. The Balaban J connectivity index is 3.06. The zero-order valence-corrected chi connectivity index (χ0v) is 9.58. The second kappa shape index (κ2) is 4.61. The summed E-state index contributed by atoms with van der Waals surface area (Å²) in [7, 11) is -0.573. The van der Waals surface area contributed by atoms with Crippen LogP contribution in [0.15, 0.2) is 24.3 Å². The lowest BCUT2D eigenvalue weighted by atomic mass is 10.2. The molecule has 0 aliphatic carbocycles. The van der Waals surface area contributed by atoms with Gasteiger partial charge < -0.3 is 5.73 Å². The third-order valence-electron chi connectivity index (χ3n) is 2.13. The maximum Gasteiger partial charge on any atom is 0.301 e. The monoisotopic (exact) mass is 229 g/mol. The van der Waals surface area contributed by atoms with Gasteiger partial charge in [0.2, 0.25) is 0 Å². The van der Waals surface area contributed by atoms with Gasteiger partial charge in [-0.2, -0.15) is 8.42 Å². The minimum atomic E-state index is -3.43. The predicted molar refractivity (Wildman–Crippen MR) is 60.7 cm³/mol. The predicted octanol–water partition coefficient (Wildman–Crippen LogP) is 0.0457. The van der Waals surface area contributed by atoms with Crippen molar-refractivity contribution in [2.24, 2.45) is 5.73 Å². The van der Waals surface area contributed by atoms with Crippen molar-refractivity contribution in [1.82, 2.24) is 4.72 Å². The molecule has 0 saturated heterocycles. The lowest BCUT2D eigenvalue weighted by Crippen LogP contribution is -2.35. The van der Waals surface area contributed by atoms with Crippen molar-refractivity contribution in [1.29, 1.82) is 0 Å². The fourth-order valence-electron chi connectivity index (χ4n) is 1.16. The quantitative estimate of drug-likeness (QED) is 0.765. The number of anilines is 1. The molecule has 84 valence electrons. The molecule has 0 bridgehead atoms. The van der Waals surface area contributed by atoms with Gasteiger partial charge in [-0.3, -0.25) is 4.31 Å². The summed E-state index contributed by atoms with van der Waals surface area (Å²) in [6, 6.07) is 7.09. The molecule has 0 saturated carbocycles. The molecule has 15 heavy (non-hydrogen) atoms. The SMILES string of the molecule is CNS(=O)(=O)N(C)c1cccc(CN)c1. The van der Waals surface area contributed by atoms with E-state index in [1.165, 1.54) is 18.4 Å². The van der Waals surface area contributed by atoms with E-state index in [0.29, 0.717) is 12.2 Å². The van der Waals surface area contributed by atoms with Crippen LogP contribution < -0.4 is 14.8 Å². The highest BCUT2D eigenvalue weighted by Gasteiger charge is 2.15. The summed E-state index contributed by atoms with van der Waals surface area (Å²) in [6.45, 7) is 0.390. The van der Waals surface area contributed by atoms with Gasteiger partial charge in [0.05, 0.1) is 5.69 Å². The maximum absolute atomic E-state index is 11.5. The van der Waals surface area contributed by atoms with Gasteiger partial charge in [0.1, 0.15) is 0 Å². The third kappa shape index (κ3) is 2.68. The van der Waals surface area contributed by atoms with Crippen molar-refractivity contribution in [3.05, 3.63) is 29.8 Å². The van der Waals surface area contributed by atoms with Gasteiger partial charge in [-0.05, 0) is 17.7 Å². The van der Waals surface area contributed by atoms with E-state index in [-0.39, 0.29) is 0 Å². The van der Waals surface area contributed by atoms with E-state index < -0.39 is 10.2 Å². The summed E-state index contributed by atoms with van der Waals surface area (Å²) in [5, 5.41) is 0. The zero-order chi connectivity index (χ0) is 11.5. The topological polar surface area (TPSA) is 75.4 Å². The van der Waals surface area contributed by atoms with Gasteiger partial charge in [-0.1, -0.05) is 12.1 Å². The molecule has 0 fully saturated rings. The van der Waals surface area contributed by atoms with Crippen LogP contribution in [-0.4, -0.2) is 22.5 Å². The van der Waals surface area contributed by atoms with E-state index in [0.717, 1.165) is 5.56 Å². The molecule has 0 aromatic heterocycles. The van der Waals surface area contributed by atoms with Crippen LogP contribution in [0.25, 0.3) is 0 Å². The van der Waals surface area contributed by atoms with Crippen LogP contribution in [-0.2, 0) is 16.8 Å². The van der Waals surface area contributed by atoms with E-state index in [2.05, 4.69) is 4.72 Å². The molecule has 5 nitrogen and oxygen atoms in total. The lowest BCUT2D eigenvalue weighted by molar-refractivity contribution is 0.586. The number of benzene rings is 1. The van der Waals surface area contributed by atoms with Crippen molar-refractivity contribution >= 4 is 15.9 Å². The molecule has 0 unspecified atom stereocenters. The Morgan fingerprint density at radius 3 is 2.67 bits per heavy atom. The van der Waals surface area contributed by atoms with Crippen LogP contribution in [0.1, 0.15) is 5.56 Å². The van der Waals surface area contributed by atoms with E-state index in [4.69, 9.17) is 5.73 Å². The number of hydrogen-bond acceptors (Lipinski definition) is 3. The van der Waals surface area contributed by atoms with E-state index in [9.17, 15) is 8.42 Å². The van der Waals surface area contributed by atoms with Gasteiger partial charge in [0, 0.05) is 20.6 Å². The minimum Gasteiger partial charge on any atom is -0.326 e. The molecule has 6 heteroatoms. The smallest absolute Gasteiger partial charge is 0.301 e. The number of nitrogens with zero attached hydrogens (tertiary/aromatic N) is 1. The summed E-state index contributed by atoms with van der Waals surface area (Å²) < 4.78 is 26.4. The first-order valence-electron chi connectivity index (χ1n) is 4.47. The van der Waals surface area contributed by atoms with Crippen LogP contribution in [0.3, 0.4) is 0 Å². The second-order valence-corrected chi connectivity index (χ2v) is 4.96. The summed E-state index contributed by atoms with van der Waals surface area (Å²) in [4.78, 5) is 0. The van der Waals surface area contributed by atoms with Crippen molar-refractivity contribution in [3.8, 4) is 0 Å². The maximum atomic E-state index is 11.5. The Bertz CT molecular complexity index is 431. The number of nitrogens with one attached hydrogen (secondary N) is 1. The van der Waals surface area contributed by atoms with Gasteiger partial charge in [-0.25, -0.2) is 4.72 Å². The van der Waals surface area contributed by atoms with Gasteiger partial charge >= 0.3 is 10.2 Å². The number of hydrogen-bond donors (Lipinski definition) is 2. The first kappa shape index (κ1) is 12.0. The summed E-state index contributed by atoms with van der Waals surface area (Å²) in [5.41, 5.74) is 6.96. The van der Waals surface area contributed by atoms with E-state index in [1.807, 2.05) is 6.07 Å². The summed E-state index contributed by atoms with van der Waals surface area (Å²) in [5.74, 6) is 0. The molecule has 1 rings (SSSR count). The van der Waals surface area contributed by atoms with Gasteiger partial charge in [-0.15, -0.1) is 0 Å². The molecule has 0 heterocycles. The van der Waals surface area contributed by atoms with Crippen molar-refractivity contribution in [2.45, 2.75) is 6.54 Å². The molecule has 1 aromatic rings. The minimum absolute atomic E-state index is 0.390. The van der Waals surface area contributed by atoms with Crippen LogP contribution >= 0.6 is 0 Å². The van der Waals surface area contributed by atoms with Crippen molar-refractivity contribution in [2.75, 3.05) is 18.4 Å². The average molecular weight is 229 g/mol. The Labute approximate surface area is 90.1 Å². The molecule has 0 aliphatic heterocycles. The van der Waals surface area contributed by atoms with Gasteiger partial charge in [0.25, 0.3) is 0 Å². The zero-order valence-electron chi connectivity index (χ0n) is 8.77. The summed E-state index contributed by atoms with van der Waals surface area (Å²) >= 11 is 0. The second-order valence-electron chi connectivity index (χ2n) is 3.05. The van der Waals surface area contributed by atoms with Crippen LogP contribution in [0.4, 0.5) is 5.69 Å². The first-order valence-corrected chi connectivity index (χ1v) is 5.91. The largest absolute Gasteiger partial charge is 0.326 e. The highest BCUT2D eigenvalue weighted by atomic mass is 32.2. The molecule has 0 aliphatic rings. The van der Waals surface area contributed by atoms with Crippen molar-refractivity contribution in [3.63, 3.8) is 0 Å². The van der Waals surface area contributed by atoms with E-state index in [1.54, 1.807) is 18.2 Å². The Hall–Kier alpha value is -1.11. The van der Waals surface area contributed by atoms with Crippen LogP contribution in [0.2, 0.25) is 0 Å². The third-order valence-corrected chi connectivity index (χ3v) is 3.58.